The average molecular weight is 325 g/mol. The molecule has 0 aliphatic carbocycles. The van der Waals surface area contributed by atoms with Gasteiger partial charge in [0.1, 0.15) is 0 Å². The number of rotatable bonds is 8. The number of hydrogen-bond acceptors (Lipinski definition) is 2. The van der Waals surface area contributed by atoms with Crippen molar-refractivity contribution in [1.82, 2.24) is 5.32 Å². The van der Waals surface area contributed by atoms with Crippen LogP contribution in [-0.4, -0.2) is 18.3 Å². The van der Waals surface area contributed by atoms with Gasteiger partial charge in [0.15, 0.2) is 0 Å². The first-order valence-electron chi connectivity index (χ1n) is 9.00. The van der Waals surface area contributed by atoms with Crippen LogP contribution in [0.4, 0.5) is 0 Å². The van der Waals surface area contributed by atoms with Crippen LogP contribution in [0.3, 0.4) is 0 Å². The highest BCUT2D eigenvalue weighted by molar-refractivity contribution is 5.32. The van der Waals surface area contributed by atoms with Gasteiger partial charge in [0.25, 0.3) is 0 Å². The number of hydrogen-bond donors (Lipinski definition) is 2. The predicted molar refractivity (Wildman–Crippen MR) is 102 cm³/mol. The summed E-state index contributed by atoms with van der Waals surface area (Å²) in [6, 6.07) is 17.4. The number of aliphatic hydroxyl groups is 1. The summed E-state index contributed by atoms with van der Waals surface area (Å²) < 4.78 is 0. The molecule has 2 rings (SSSR count). The summed E-state index contributed by atoms with van der Waals surface area (Å²) in [5.41, 5.74) is 5.39. The normalized spacial score (nSPS) is 13.9. The molecule has 2 aromatic carbocycles. The van der Waals surface area contributed by atoms with Gasteiger partial charge in [-0.1, -0.05) is 62.4 Å². The zero-order valence-corrected chi connectivity index (χ0v) is 15.4. The van der Waals surface area contributed by atoms with Gasteiger partial charge in [0.05, 0.1) is 0 Å². The topological polar surface area (TPSA) is 32.3 Å². The van der Waals surface area contributed by atoms with E-state index in [0.717, 1.165) is 13.0 Å². The summed E-state index contributed by atoms with van der Waals surface area (Å²) in [5, 5.41) is 13.4. The zero-order valence-electron chi connectivity index (χ0n) is 15.4. The number of aryl methyl sites for hydroxylation is 1. The van der Waals surface area contributed by atoms with Crippen molar-refractivity contribution in [2.24, 2.45) is 5.92 Å². The average Bonchev–Trinajstić information content (AvgIpc) is 2.59. The van der Waals surface area contributed by atoms with E-state index in [1.54, 1.807) is 0 Å². The van der Waals surface area contributed by atoms with E-state index >= 15 is 0 Å². The third-order valence-electron chi connectivity index (χ3n) is 4.83. The second-order valence-corrected chi connectivity index (χ2v) is 7.09. The van der Waals surface area contributed by atoms with Crippen molar-refractivity contribution in [2.45, 2.75) is 46.1 Å². The quantitative estimate of drug-likeness (QED) is 0.742. The van der Waals surface area contributed by atoms with E-state index in [1.807, 2.05) is 0 Å². The van der Waals surface area contributed by atoms with Crippen LogP contribution in [0, 0.1) is 12.8 Å². The van der Waals surface area contributed by atoms with Crippen LogP contribution >= 0.6 is 0 Å². The molecule has 2 N–H and O–H groups in total. The molecule has 0 bridgehead atoms. The van der Waals surface area contributed by atoms with Crippen molar-refractivity contribution >= 4 is 0 Å². The first-order chi connectivity index (χ1) is 11.5. The van der Waals surface area contributed by atoms with Crippen LogP contribution < -0.4 is 5.32 Å². The maximum absolute atomic E-state index is 9.76. The molecule has 2 unspecified atom stereocenters. The monoisotopic (exact) mass is 325 g/mol. The highest BCUT2D eigenvalue weighted by atomic mass is 16.3. The molecule has 0 aromatic heterocycles. The molecule has 2 aromatic rings. The van der Waals surface area contributed by atoms with Gasteiger partial charge in [-0.3, -0.25) is 0 Å². The largest absolute Gasteiger partial charge is 0.396 e. The molecule has 0 saturated carbocycles. The Hall–Kier alpha value is -1.64. The third kappa shape index (κ3) is 4.93. The summed E-state index contributed by atoms with van der Waals surface area (Å²) in [7, 11) is 0. The molecule has 0 spiro atoms. The lowest BCUT2D eigenvalue weighted by Crippen LogP contribution is -2.29. The van der Waals surface area contributed by atoms with Crippen LogP contribution in [0.1, 0.15) is 55.0 Å². The molecule has 0 fully saturated rings. The summed E-state index contributed by atoms with van der Waals surface area (Å²) in [5.74, 6) is 0.755. The van der Waals surface area contributed by atoms with Crippen molar-refractivity contribution in [3.05, 3.63) is 70.8 Å². The highest BCUT2D eigenvalue weighted by Crippen LogP contribution is 2.25. The second-order valence-electron chi connectivity index (χ2n) is 7.09. The van der Waals surface area contributed by atoms with Gasteiger partial charge in [-0.25, -0.2) is 0 Å². The Kier molecular flexibility index (Phi) is 7.01. The third-order valence-corrected chi connectivity index (χ3v) is 4.83. The van der Waals surface area contributed by atoms with Crippen LogP contribution in [0.5, 0.6) is 0 Å². The summed E-state index contributed by atoms with van der Waals surface area (Å²) >= 11 is 0. The SMILES string of the molecule is Cc1ccccc1CC(CO)CNC(C)c1ccccc1C(C)C. The molecule has 0 aliphatic heterocycles. The molecule has 0 amide bonds. The fourth-order valence-electron chi connectivity index (χ4n) is 3.24. The molecule has 24 heavy (non-hydrogen) atoms. The number of benzene rings is 2. The molecular formula is C22H31NO. The molecular weight excluding hydrogens is 294 g/mol. The van der Waals surface area contributed by atoms with Crippen LogP contribution in [0.2, 0.25) is 0 Å². The predicted octanol–water partition coefficient (Wildman–Crippen LogP) is 4.62. The van der Waals surface area contributed by atoms with Gasteiger partial charge in [-0.2, -0.15) is 0 Å². The Labute approximate surface area is 146 Å². The standard InChI is InChI=1S/C22H31NO/c1-16(2)21-11-7-8-12-22(21)18(4)23-14-19(15-24)13-20-10-6-5-9-17(20)3/h5-12,16,18-19,23-24H,13-15H2,1-4H3. The Morgan fingerprint density at radius 1 is 0.917 bits per heavy atom. The lowest BCUT2D eigenvalue weighted by Gasteiger charge is -2.23. The van der Waals surface area contributed by atoms with Crippen LogP contribution in [-0.2, 0) is 6.42 Å². The Bertz CT molecular complexity index is 635. The van der Waals surface area contributed by atoms with Crippen molar-refractivity contribution in [2.75, 3.05) is 13.2 Å². The molecule has 130 valence electrons. The lowest BCUT2D eigenvalue weighted by atomic mass is 9.92. The number of nitrogens with one attached hydrogen (secondary N) is 1. The van der Waals surface area contributed by atoms with Crippen molar-refractivity contribution in [1.29, 1.82) is 0 Å². The van der Waals surface area contributed by atoms with E-state index in [-0.39, 0.29) is 18.6 Å². The molecule has 2 heteroatoms. The molecule has 0 heterocycles. The lowest BCUT2D eigenvalue weighted by molar-refractivity contribution is 0.218. The minimum atomic E-state index is 0.208. The summed E-state index contributed by atoms with van der Waals surface area (Å²) in [6.45, 7) is 9.85. The smallest absolute Gasteiger partial charge is 0.0474 e. The second kappa shape index (κ2) is 9.00. The molecule has 0 aliphatic rings. The van der Waals surface area contributed by atoms with E-state index in [9.17, 15) is 5.11 Å². The van der Waals surface area contributed by atoms with E-state index in [4.69, 9.17) is 0 Å². The van der Waals surface area contributed by atoms with Crippen molar-refractivity contribution < 1.29 is 5.11 Å². The van der Waals surface area contributed by atoms with Crippen molar-refractivity contribution in [3.8, 4) is 0 Å². The van der Waals surface area contributed by atoms with E-state index < -0.39 is 0 Å². The summed E-state index contributed by atoms with van der Waals surface area (Å²) in [6.07, 6.45) is 0.911. The Morgan fingerprint density at radius 2 is 1.54 bits per heavy atom. The number of aliphatic hydroxyl groups excluding tert-OH is 1. The molecule has 0 saturated heterocycles. The van der Waals surface area contributed by atoms with Gasteiger partial charge >= 0.3 is 0 Å². The molecule has 2 atom stereocenters. The maximum atomic E-state index is 9.76. The first kappa shape index (κ1) is 18.7. The highest BCUT2D eigenvalue weighted by Gasteiger charge is 2.15. The van der Waals surface area contributed by atoms with Crippen LogP contribution in [0.15, 0.2) is 48.5 Å². The Morgan fingerprint density at radius 3 is 2.17 bits per heavy atom. The maximum Gasteiger partial charge on any atom is 0.0474 e. The van der Waals surface area contributed by atoms with Crippen molar-refractivity contribution in [3.63, 3.8) is 0 Å². The van der Waals surface area contributed by atoms with E-state index in [2.05, 4.69) is 81.5 Å². The van der Waals surface area contributed by atoms with Gasteiger partial charge in [-0.05, 0) is 54.4 Å². The minimum absolute atomic E-state index is 0.208. The van der Waals surface area contributed by atoms with E-state index in [0.29, 0.717) is 5.92 Å². The van der Waals surface area contributed by atoms with Crippen LogP contribution in [0.25, 0.3) is 0 Å². The van der Waals surface area contributed by atoms with Gasteiger partial charge in [0.2, 0.25) is 0 Å². The van der Waals surface area contributed by atoms with E-state index in [1.165, 1.54) is 22.3 Å². The fourth-order valence-corrected chi connectivity index (χ4v) is 3.24. The minimum Gasteiger partial charge on any atom is -0.396 e. The summed E-state index contributed by atoms with van der Waals surface area (Å²) in [4.78, 5) is 0. The van der Waals surface area contributed by atoms with Gasteiger partial charge in [0, 0.05) is 19.2 Å². The van der Waals surface area contributed by atoms with Gasteiger partial charge in [-0.15, -0.1) is 0 Å². The van der Waals surface area contributed by atoms with Gasteiger partial charge < -0.3 is 10.4 Å². The Balaban J connectivity index is 1.99. The zero-order chi connectivity index (χ0) is 17.5. The first-order valence-corrected chi connectivity index (χ1v) is 9.00. The fraction of sp³-hybridized carbons (Fsp3) is 0.455. The molecule has 0 radical (unpaired) electrons. The molecule has 2 nitrogen and oxygen atoms in total.